The largest absolute Gasteiger partial charge is 0.495 e. The summed E-state index contributed by atoms with van der Waals surface area (Å²) in [6.45, 7) is 5.04. The zero-order chi connectivity index (χ0) is 20.7. The first-order chi connectivity index (χ1) is 13.9. The molecular weight excluding hydrogens is 391 g/mol. The summed E-state index contributed by atoms with van der Waals surface area (Å²) < 4.78 is 19.9. The van der Waals surface area contributed by atoms with Gasteiger partial charge in [-0.15, -0.1) is 0 Å². The van der Waals surface area contributed by atoms with Crippen molar-refractivity contribution in [1.29, 1.82) is 0 Å². The molecule has 0 radical (unpaired) electrons. The summed E-state index contributed by atoms with van der Waals surface area (Å²) in [4.78, 5) is 17.7. The third-order valence-electron chi connectivity index (χ3n) is 6.29. The molecule has 0 amide bonds. The lowest BCUT2D eigenvalue weighted by molar-refractivity contribution is 0.0935. The zero-order valence-corrected chi connectivity index (χ0v) is 17.8. The van der Waals surface area contributed by atoms with Gasteiger partial charge in [0.15, 0.2) is 5.78 Å². The molecule has 0 aromatic heterocycles. The van der Waals surface area contributed by atoms with Crippen LogP contribution in [-0.2, 0) is 12.8 Å². The summed E-state index contributed by atoms with van der Waals surface area (Å²) in [6, 6.07) is 9.06. The minimum absolute atomic E-state index is 0.0611. The van der Waals surface area contributed by atoms with Crippen LogP contribution in [0.25, 0.3) is 0 Å². The second-order valence-corrected chi connectivity index (χ2v) is 8.60. The van der Waals surface area contributed by atoms with Crippen molar-refractivity contribution in [1.82, 2.24) is 4.90 Å². The third-order valence-corrected chi connectivity index (χ3v) is 6.52. The number of fused-ring (bicyclic) bond motifs is 1. The lowest BCUT2D eigenvalue weighted by atomic mass is 9.95. The Morgan fingerprint density at radius 2 is 2.03 bits per heavy atom. The molecule has 0 N–H and O–H groups in total. The van der Waals surface area contributed by atoms with Crippen LogP contribution in [-0.4, -0.2) is 50.5 Å². The van der Waals surface area contributed by atoms with E-state index < -0.39 is 0 Å². The van der Waals surface area contributed by atoms with Gasteiger partial charge in [0.1, 0.15) is 11.6 Å². The summed E-state index contributed by atoms with van der Waals surface area (Å²) in [7, 11) is 3.78. The van der Waals surface area contributed by atoms with E-state index in [0.29, 0.717) is 35.0 Å². The summed E-state index contributed by atoms with van der Waals surface area (Å²) in [5, 5.41) is 0.364. The van der Waals surface area contributed by atoms with Crippen LogP contribution in [0.2, 0.25) is 5.02 Å². The minimum atomic E-state index is -0.356. The molecule has 6 heteroatoms. The number of hydrogen-bond donors (Lipinski definition) is 0. The van der Waals surface area contributed by atoms with Crippen LogP contribution in [0.4, 0.5) is 10.1 Å². The van der Waals surface area contributed by atoms with Crippen LogP contribution in [0.5, 0.6) is 5.75 Å². The topological polar surface area (TPSA) is 32.8 Å². The smallest absolute Gasteiger partial charge is 0.167 e. The monoisotopic (exact) mass is 416 g/mol. The van der Waals surface area contributed by atoms with Crippen molar-refractivity contribution in [3.8, 4) is 5.75 Å². The first-order valence-electron chi connectivity index (χ1n) is 10.0. The molecule has 1 heterocycles. The molecule has 2 aliphatic rings. The molecule has 0 bridgehead atoms. The molecule has 2 aromatic rings. The van der Waals surface area contributed by atoms with Gasteiger partial charge in [-0.2, -0.15) is 0 Å². The number of piperazine rings is 1. The number of ether oxygens (including phenoxy) is 1. The lowest BCUT2D eigenvalue weighted by Crippen LogP contribution is -2.50. The number of benzene rings is 2. The van der Waals surface area contributed by atoms with Gasteiger partial charge >= 0.3 is 0 Å². The fourth-order valence-corrected chi connectivity index (χ4v) is 4.54. The van der Waals surface area contributed by atoms with Gasteiger partial charge in [-0.1, -0.05) is 17.7 Å². The summed E-state index contributed by atoms with van der Waals surface area (Å²) in [6.07, 6.45) is 0.996. The second-order valence-electron chi connectivity index (χ2n) is 8.16. The van der Waals surface area contributed by atoms with Crippen molar-refractivity contribution < 1.29 is 13.9 Å². The Balaban J connectivity index is 1.60. The molecular formula is C23H26ClFN2O2. The van der Waals surface area contributed by atoms with E-state index >= 15 is 0 Å². The molecule has 0 saturated carbocycles. The number of Topliss-reactive ketones (excluding diaryl/α,β-unsaturated/α-hetero) is 1. The normalized spacial score (nSPS) is 22.1. The SMILES string of the molecule is COc1cc2c(cc1N1CCN(C)C(C)C1)CC(Cc1ccc(Cl)cc1F)C2=O. The fraction of sp³-hybridized carbons (Fsp3) is 0.435. The molecule has 1 saturated heterocycles. The quantitative estimate of drug-likeness (QED) is 0.746. The van der Waals surface area contributed by atoms with E-state index in [9.17, 15) is 9.18 Å². The number of halogens is 2. The number of ketones is 1. The minimum Gasteiger partial charge on any atom is -0.495 e. The number of carbonyl (C=O) groups excluding carboxylic acids is 1. The average molecular weight is 417 g/mol. The molecule has 1 fully saturated rings. The molecule has 1 aliphatic carbocycles. The average Bonchev–Trinajstić information content (AvgIpc) is 3.00. The predicted molar refractivity (Wildman–Crippen MR) is 114 cm³/mol. The predicted octanol–water partition coefficient (Wildman–Crippen LogP) is 4.23. The number of methoxy groups -OCH3 is 1. The Hall–Kier alpha value is -2.11. The lowest BCUT2D eigenvalue weighted by Gasteiger charge is -2.39. The highest BCUT2D eigenvalue weighted by Crippen LogP contribution is 2.39. The van der Waals surface area contributed by atoms with E-state index in [1.54, 1.807) is 19.2 Å². The third kappa shape index (κ3) is 3.86. The van der Waals surface area contributed by atoms with Gasteiger partial charge < -0.3 is 14.5 Å². The maximum absolute atomic E-state index is 14.2. The Bertz CT molecular complexity index is 949. The van der Waals surface area contributed by atoms with E-state index in [-0.39, 0.29) is 17.5 Å². The number of nitrogens with zero attached hydrogens (tertiary/aromatic N) is 2. The van der Waals surface area contributed by atoms with E-state index in [2.05, 4.69) is 29.8 Å². The molecule has 2 atom stereocenters. The maximum Gasteiger partial charge on any atom is 0.167 e. The summed E-state index contributed by atoms with van der Waals surface area (Å²) >= 11 is 5.85. The van der Waals surface area contributed by atoms with Crippen molar-refractivity contribution in [2.45, 2.75) is 25.8 Å². The Labute approximate surface area is 176 Å². The molecule has 154 valence electrons. The number of carbonyl (C=O) groups is 1. The Kier molecular flexibility index (Phi) is 5.54. The molecule has 2 unspecified atom stereocenters. The van der Waals surface area contributed by atoms with E-state index in [4.69, 9.17) is 16.3 Å². The van der Waals surface area contributed by atoms with Crippen LogP contribution in [0.3, 0.4) is 0 Å². The Morgan fingerprint density at radius 3 is 2.72 bits per heavy atom. The number of likely N-dealkylation sites (N-methyl/N-ethyl adjacent to an activating group) is 1. The van der Waals surface area contributed by atoms with Crippen molar-refractivity contribution in [2.24, 2.45) is 5.92 Å². The van der Waals surface area contributed by atoms with Crippen LogP contribution in [0.15, 0.2) is 30.3 Å². The summed E-state index contributed by atoms with van der Waals surface area (Å²) in [5.74, 6) is 0.177. The van der Waals surface area contributed by atoms with E-state index in [1.165, 1.54) is 6.07 Å². The number of anilines is 1. The standard InChI is InChI=1S/C23H26ClFN2O2/c1-14-13-27(7-6-26(14)2)21-10-16-9-17(23(28)19(16)12-22(21)29-3)8-15-4-5-18(24)11-20(15)25/h4-5,10-12,14,17H,6-9,13H2,1-3H3. The molecule has 2 aromatic carbocycles. The van der Waals surface area contributed by atoms with Gasteiger partial charge in [0.2, 0.25) is 0 Å². The highest BCUT2D eigenvalue weighted by atomic mass is 35.5. The molecule has 4 rings (SSSR count). The van der Waals surface area contributed by atoms with Crippen LogP contribution in [0, 0.1) is 11.7 Å². The number of rotatable bonds is 4. The molecule has 0 spiro atoms. The van der Waals surface area contributed by atoms with Gasteiger partial charge in [-0.05, 0) is 62.2 Å². The van der Waals surface area contributed by atoms with Gasteiger partial charge in [-0.3, -0.25) is 4.79 Å². The van der Waals surface area contributed by atoms with E-state index in [0.717, 1.165) is 36.6 Å². The number of hydrogen-bond acceptors (Lipinski definition) is 4. The highest BCUT2D eigenvalue weighted by Gasteiger charge is 2.33. The zero-order valence-electron chi connectivity index (χ0n) is 17.0. The second kappa shape index (κ2) is 7.96. The van der Waals surface area contributed by atoms with Crippen LogP contribution >= 0.6 is 11.6 Å². The van der Waals surface area contributed by atoms with Crippen LogP contribution in [0.1, 0.15) is 28.4 Å². The van der Waals surface area contributed by atoms with Crippen LogP contribution < -0.4 is 9.64 Å². The molecule has 4 nitrogen and oxygen atoms in total. The van der Waals surface area contributed by atoms with Gasteiger partial charge in [0.05, 0.1) is 12.8 Å². The molecule has 29 heavy (non-hydrogen) atoms. The van der Waals surface area contributed by atoms with E-state index in [1.807, 2.05) is 6.07 Å². The van der Waals surface area contributed by atoms with Crippen molar-refractivity contribution in [3.05, 3.63) is 57.9 Å². The van der Waals surface area contributed by atoms with Crippen molar-refractivity contribution >= 4 is 23.1 Å². The van der Waals surface area contributed by atoms with Gasteiger partial charge in [0.25, 0.3) is 0 Å². The summed E-state index contributed by atoms with van der Waals surface area (Å²) in [5.41, 5.74) is 3.29. The van der Waals surface area contributed by atoms with Gasteiger partial charge in [0, 0.05) is 42.2 Å². The Morgan fingerprint density at radius 1 is 1.24 bits per heavy atom. The first-order valence-corrected chi connectivity index (χ1v) is 10.4. The molecule has 1 aliphatic heterocycles. The van der Waals surface area contributed by atoms with Crippen molar-refractivity contribution in [3.63, 3.8) is 0 Å². The first kappa shape index (κ1) is 20.2. The highest BCUT2D eigenvalue weighted by molar-refractivity contribution is 6.30. The van der Waals surface area contributed by atoms with Gasteiger partial charge in [-0.25, -0.2) is 4.39 Å². The maximum atomic E-state index is 14.2. The fourth-order valence-electron chi connectivity index (χ4n) is 4.38. The van der Waals surface area contributed by atoms with Crippen molar-refractivity contribution in [2.75, 3.05) is 38.7 Å².